The van der Waals surface area contributed by atoms with E-state index in [1.165, 1.54) is 25.8 Å². The Hall–Kier alpha value is -0.160. The van der Waals surface area contributed by atoms with Crippen molar-refractivity contribution in [3.05, 3.63) is 0 Å². The molecule has 1 aliphatic heterocycles. The number of nitrogens with one attached hydrogen (secondary N) is 1. The van der Waals surface area contributed by atoms with Crippen molar-refractivity contribution >= 4 is 0 Å². The van der Waals surface area contributed by atoms with Crippen LogP contribution in [0.15, 0.2) is 0 Å². The zero-order chi connectivity index (χ0) is 15.7. The van der Waals surface area contributed by atoms with Gasteiger partial charge in [-0.2, -0.15) is 0 Å². The molecule has 1 atom stereocenters. The molecule has 2 N–H and O–H groups in total. The van der Waals surface area contributed by atoms with E-state index in [9.17, 15) is 5.11 Å². The summed E-state index contributed by atoms with van der Waals surface area (Å²) in [6.45, 7) is 10.8. The molecule has 0 radical (unpaired) electrons. The fraction of sp³-hybridized carbons (Fsp3) is 1.00. The summed E-state index contributed by atoms with van der Waals surface area (Å²) in [6.07, 6.45) is 5.83. The topological polar surface area (TPSA) is 44.7 Å². The van der Waals surface area contributed by atoms with E-state index in [1.54, 1.807) is 0 Å². The third-order valence-corrected chi connectivity index (χ3v) is 4.42. The first kappa shape index (κ1) is 18.9. The summed E-state index contributed by atoms with van der Waals surface area (Å²) in [5.74, 6) is 0.814. The summed E-state index contributed by atoms with van der Waals surface area (Å²) in [5.41, 5.74) is -0.132. The van der Waals surface area contributed by atoms with Crippen LogP contribution in [0, 0.1) is 5.92 Å². The summed E-state index contributed by atoms with van der Waals surface area (Å²) in [4.78, 5) is 2.46. The molecule has 0 spiro atoms. The Bertz CT molecular complexity index is 268. The molecule has 0 bridgehead atoms. The van der Waals surface area contributed by atoms with Gasteiger partial charge in [-0.25, -0.2) is 0 Å². The van der Waals surface area contributed by atoms with Crippen LogP contribution in [-0.4, -0.2) is 61.5 Å². The average Bonchev–Trinajstić information content (AvgIpc) is 2.44. The van der Waals surface area contributed by atoms with Gasteiger partial charge in [-0.3, -0.25) is 0 Å². The Labute approximate surface area is 131 Å². The first-order chi connectivity index (χ1) is 9.95. The highest BCUT2D eigenvalue weighted by atomic mass is 16.5. The normalized spacial score (nSPS) is 20.1. The molecule has 1 saturated heterocycles. The number of nitrogens with zero attached hydrogens (tertiary/aromatic N) is 1. The van der Waals surface area contributed by atoms with E-state index in [-0.39, 0.29) is 12.1 Å². The largest absolute Gasteiger partial charge is 0.394 e. The molecule has 21 heavy (non-hydrogen) atoms. The molecule has 0 saturated carbocycles. The number of aliphatic hydroxyl groups excluding tert-OH is 1. The minimum atomic E-state index is -0.132. The quantitative estimate of drug-likeness (QED) is 0.608. The zero-order valence-electron chi connectivity index (χ0n) is 14.5. The molecule has 1 fully saturated rings. The molecule has 1 heterocycles. The van der Waals surface area contributed by atoms with Gasteiger partial charge in [0.25, 0.3) is 0 Å². The predicted octanol–water partition coefficient (Wildman–Crippen LogP) is 2.26. The lowest BCUT2D eigenvalue weighted by atomic mass is 9.94. The molecule has 1 rings (SSSR count). The van der Waals surface area contributed by atoms with E-state index in [4.69, 9.17) is 4.74 Å². The smallest absolute Gasteiger partial charge is 0.0610 e. The third-order valence-electron chi connectivity index (χ3n) is 4.42. The number of aliphatic hydroxyl groups is 1. The highest BCUT2D eigenvalue weighted by Crippen LogP contribution is 2.17. The maximum absolute atomic E-state index is 9.57. The van der Waals surface area contributed by atoms with Crippen LogP contribution >= 0.6 is 0 Å². The number of unbranched alkanes of at least 4 members (excludes halogenated alkanes) is 1. The van der Waals surface area contributed by atoms with Gasteiger partial charge in [0.1, 0.15) is 0 Å². The van der Waals surface area contributed by atoms with Crippen LogP contribution in [-0.2, 0) is 4.74 Å². The van der Waals surface area contributed by atoms with E-state index in [2.05, 4.69) is 38.0 Å². The highest BCUT2D eigenvalue weighted by molar-refractivity contribution is 4.83. The van der Waals surface area contributed by atoms with Crippen LogP contribution in [0.25, 0.3) is 0 Å². The van der Waals surface area contributed by atoms with E-state index in [0.717, 1.165) is 38.5 Å². The van der Waals surface area contributed by atoms with Crippen molar-refractivity contribution in [1.82, 2.24) is 10.2 Å². The number of ether oxygens (including phenoxy) is 1. The highest BCUT2D eigenvalue weighted by Gasteiger charge is 2.23. The summed E-state index contributed by atoms with van der Waals surface area (Å²) >= 11 is 0. The van der Waals surface area contributed by atoms with Crippen molar-refractivity contribution in [1.29, 1.82) is 0 Å². The molecule has 0 aliphatic carbocycles. The van der Waals surface area contributed by atoms with Crippen LogP contribution in [0.1, 0.15) is 52.9 Å². The van der Waals surface area contributed by atoms with Gasteiger partial charge in [-0.1, -0.05) is 20.3 Å². The SMILES string of the molecule is CC(C)NC(C)(CO)CCCCN(C)CC1CCOCC1. The fourth-order valence-electron chi connectivity index (χ4n) is 3.25. The van der Waals surface area contributed by atoms with Gasteiger partial charge in [0.05, 0.1) is 6.61 Å². The molecule has 1 unspecified atom stereocenters. The van der Waals surface area contributed by atoms with Crippen LogP contribution in [0.3, 0.4) is 0 Å². The second-order valence-corrected chi connectivity index (χ2v) is 7.29. The molecule has 4 nitrogen and oxygen atoms in total. The Kier molecular flexibility index (Phi) is 8.79. The summed E-state index contributed by atoms with van der Waals surface area (Å²) in [5, 5.41) is 13.1. The van der Waals surface area contributed by atoms with E-state index in [1.807, 2.05) is 0 Å². The van der Waals surface area contributed by atoms with Crippen LogP contribution in [0.2, 0.25) is 0 Å². The molecular weight excluding hydrogens is 264 g/mol. The Morgan fingerprint density at radius 3 is 2.52 bits per heavy atom. The Balaban J connectivity index is 2.14. The van der Waals surface area contributed by atoms with Crippen LogP contribution in [0.5, 0.6) is 0 Å². The Morgan fingerprint density at radius 1 is 1.29 bits per heavy atom. The standard InChI is InChI=1S/C17H36N2O2/c1-15(2)18-17(3,14-20)9-5-6-10-19(4)13-16-7-11-21-12-8-16/h15-16,18,20H,5-14H2,1-4H3. The van der Waals surface area contributed by atoms with Crippen molar-refractivity contribution in [2.24, 2.45) is 5.92 Å². The minimum absolute atomic E-state index is 0.132. The zero-order valence-corrected chi connectivity index (χ0v) is 14.5. The van der Waals surface area contributed by atoms with E-state index < -0.39 is 0 Å². The second kappa shape index (κ2) is 9.78. The Morgan fingerprint density at radius 2 is 1.95 bits per heavy atom. The molecule has 0 aromatic heterocycles. The molecule has 0 aromatic rings. The van der Waals surface area contributed by atoms with Gasteiger partial charge in [-0.05, 0) is 52.1 Å². The van der Waals surface area contributed by atoms with Gasteiger partial charge in [0, 0.05) is 31.3 Å². The van der Waals surface area contributed by atoms with Crippen molar-refractivity contribution in [3.8, 4) is 0 Å². The first-order valence-electron chi connectivity index (χ1n) is 8.60. The van der Waals surface area contributed by atoms with Crippen LogP contribution in [0.4, 0.5) is 0 Å². The van der Waals surface area contributed by atoms with Gasteiger partial charge >= 0.3 is 0 Å². The lowest BCUT2D eigenvalue weighted by Crippen LogP contribution is -2.49. The van der Waals surface area contributed by atoms with Crippen molar-refractivity contribution in [2.75, 3.05) is 40.0 Å². The second-order valence-electron chi connectivity index (χ2n) is 7.29. The monoisotopic (exact) mass is 300 g/mol. The number of hydrogen-bond acceptors (Lipinski definition) is 4. The lowest BCUT2D eigenvalue weighted by molar-refractivity contribution is 0.0554. The fourth-order valence-corrected chi connectivity index (χ4v) is 3.25. The lowest BCUT2D eigenvalue weighted by Gasteiger charge is -2.31. The third kappa shape index (κ3) is 8.15. The number of hydrogen-bond donors (Lipinski definition) is 2. The average molecular weight is 300 g/mol. The number of rotatable bonds is 10. The summed E-state index contributed by atoms with van der Waals surface area (Å²) in [7, 11) is 2.23. The van der Waals surface area contributed by atoms with Gasteiger partial charge in [0.2, 0.25) is 0 Å². The van der Waals surface area contributed by atoms with Gasteiger partial charge in [-0.15, -0.1) is 0 Å². The maximum atomic E-state index is 9.57. The molecule has 0 amide bonds. The van der Waals surface area contributed by atoms with Crippen molar-refractivity contribution < 1.29 is 9.84 Å². The maximum Gasteiger partial charge on any atom is 0.0610 e. The van der Waals surface area contributed by atoms with Crippen LogP contribution < -0.4 is 5.32 Å². The van der Waals surface area contributed by atoms with E-state index >= 15 is 0 Å². The molecule has 1 aliphatic rings. The molecule has 4 heteroatoms. The first-order valence-corrected chi connectivity index (χ1v) is 8.60. The summed E-state index contributed by atoms with van der Waals surface area (Å²) < 4.78 is 5.41. The minimum Gasteiger partial charge on any atom is -0.394 e. The predicted molar refractivity (Wildman–Crippen MR) is 88.7 cm³/mol. The van der Waals surface area contributed by atoms with Crippen molar-refractivity contribution in [2.45, 2.75) is 64.5 Å². The van der Waals surface area contributed by atoms with Gasteiger partial charge < -0.3 is 20.1 Å². The van der Waals surface area contributed by atoms with Crippen molar-refractivity contribution in [3.63, 3.8) is 0 Å². The summed E-state index contributed by atoms with van der Waals surface area (Å²) in [6, 6.07) is 0.415. The molecule has 0 aromatic carbocycles. The molecular formula is C17H36N2O2. The molecule has 126 valence electrons. The van der Waals surface area contributed by atoms with Gasteiger partial charge in [0.15, 0.2) is 0 Å². The van der Waals surface area contributed by atoms with E-state index in [0.29, 0.717) is 6.04 Å².